The van der Waals surface area contributed by atoms with Gasteiger partial charge in [-0.05, 0) is 7.05 Å². The lowest BCUT2D eigenvalue weighted by atomic mass is 10.2. The van der Waals surface area contributed by atoms with Crippen molar-refractivity contribution in [2.45, 2.75) is 12.2 Å². The van der Waals surface area contributed by atoms with E-state index in [1.54, 1.807) is 7.05 Å². The number of methoxy groups -OCH3 is 1. The first-order valence-electron chi connectivity index (χ1n) is 3.22. The van der Waals surface area contributed by atoms with Crippen LogP contribution in [0.15, 0.2) is 0 Å². The highest BCUT2D eigenvalue weighted by molar-refractivity contribution is 4.67. The lowest BCUT2D eigenvalue weighted by Crippen LogP contribution is -2.37. The summed E-state index contributed by atoms with van der Waals surface area (Å²) in [5.74, 6) is 0. The Bertz CT molecular complexity index is 69.4. The van der Waals surface area contributed by atoms with Crippen molar-refractivity contribution in [3.05, 3.63) is 0 Å². The minimum atomic E-state index is -0.794. The van der Waals surface area contributed by atoms with E-state index in [1.165, 1.54) is 7.11 Å². The second-order valence-corrected chi connectivity index (χ2v) is 2.15. The minimum Gasteiger partial charge on any atom is -0.389 e. The number of aliphatic hydroxyl groups is 2. The van der Waals surface area contributed by atoms with Crippen molar-refractivity contribution in [3.63, 3.8) is 0 Å². The van der Waals surface area contributed by atoms with E-state index in [9.17, 15) is 0 Å². The maximum absolute atomic E-state index is 9.06. The highest BCUT2D eigenvalue weighted by Crippen LogP contribution is 1.91. The van der Waals surface area contributed by atoms with Gasteiger partial charge in [0.25, 0.3) is 0 Å². The lowest BCUT2D eigenvalue weighted by Gasteiger charge is -2.15. The summed E-state index contributed by atoms with van der Waals surface area (Å²) in [4.78, 5) is 0. The van der Waals surface area contributed by atoms with E-state index >= 15 is 0 Å². The molecule has 0 saturated heterocycles. The smallest absolute Gasteiger partial charge is 0.104 e. The number of likely N-dealkylation sites (N-methyl/N-ethyl adjacent to an activating group) is 1. The number of rotatable bonds is 5. The Balaban J connectivity index is 3.38. The van der Waals surface area contributed by atoms with Crippen molar-refractivity contribution in [2.24, 2.45) is 0 Å². The Kier molecular flexibility index (Phi) is 5.52. The van der Waals surface area contributed by atoms with Crippen molar-refractivity contribution in [2.75, 3.05) is 27.3 Å². The molecule has 4 nitrogen and oxygen atoms in total. The van der Waals surface area contributed by atoms with Crippen LogP contribution < -0.4 is 5.32 Å². The highest BCUT2D eigenvalue weighted by Gasteiger charge is 2.13. The standard InChI is InChI=1S/C6H15NO3/c1-7-3-5(8)6(9)4-10-2/h5-9H,3-4H2,1-2H3. The fraction of sp³-hybridized carbons (Fsp3) is 1.00. The molecule has 0 aliphatic heterocycles. The average molecular weight is 149 g/mol. The van der Waals surface area contributed by atoms with Gasteiger partial charge in [0.05, 0.1) is 12.7 Å². The summed E-state index contributed by atoms with van der Waals surface area (Å²) in [6.07, 6.45) is -1.54. The molecule has 0 aromatic rings. The van der Waals surface area contributed by atoms with Crippen LogP contribution in [0.4, 0.5) is 0 Å². The summed E-state index contributed by atoms with van der Waals surface area (Å²) in [5, 5.41) is 20.8. The summed E-state index contributed by atoms with van der Waals surface area (Å²) < 4.78 is 4.63. The van der Waals surface area contributed by atoms with Gasteiger partial charge in [0.1, 0.15) is 6.10 Å². The van der Waals surface area contributed by atoms with Gasteiger partial charge in [0.15, 0.2) is 0 Å². The second kappa shape index (κ2) is 5.61. The molecule has 10 heavy (non-hydrogen) atoms. The second-order valence-electron chi connectivity index (χ2n) is 2.15. The summed E-state index contributed by atoms with van der Waals surface area (Å²) in [5.41, 5.74) is 0. The van der Waals surface area contributed by atoms with E-state index in [-0.39, 0.29) is 6.61 Å². The Labute approximate surface area is 60.8 Å². The Hall–Kier alpha value is -0.160. The Morgan fingerprint density at radius 3 is 2.40 bits per heavy atom. The predicted octanol–water partition coefficient (Wildman–Crippen LogP) is -1.43. The normalized spacial score (nSPS) is 16.8. The van der Waals surface area contributed by atoms with Crippen LogP contribution in [0.2, 0.25) is 0 Å². The molecular formula is C6H15NO3. The van der Waals surface area contributed by atoms with Gasteiger partial charge in [-0.1, -0.05) is 0 Å². The van der Waals surface area contributed by atoms with Crippen LogP contribution in [0.25, 0.3) is 0 Å². The van der Waals surface area contributed by atoms with E-state index in [1.807, 2.05) is 0 Å². The van der Waals surface area contributed by atoms with Crippen LogP contribution in [0, 0.1) is 0 Å². The zero-order chi connectivity index (χ0) is 7.98. The quantitative estimate of drug-likeness (QED) is 0.448. The molecule has 0 aliphatic carbocycles. The molecule has 0 aliphatic rings. The molecule has 0 aromatic carbocycles. The zero-order valence-corrected chi connectivity index (χ0v) is 6.37. The van der Waals surface area contributed by atoms with E-state index < -0.39 is 12.2 Å². The minimum absolute atomic E-state index is 0.169. The highest BCUT2D eigenvalue weighted by atomic mass is 16.5. The topological polar surface area (TPSA) is 61.7 Å². The molecule has 2 unspecified atom stereocenters. The molecule has 4 heteroatoms. The first kappa shape index (κ1) is 9.84. The van der Waals surface area contributed by atoms with E-state index in [4.69, 9.17) is 10.2 Å². The molecule has 0 saturated carbocycles. The maximum atomic E-state index is 9.06. The SMILES string of the molecule is CNCC(O)C(O)COC. The van der Waals surface area contributed by atoms with Gasteiger partial charge in [-0.2, -0.15) is 0 Å². The van der Waals surface area contributed by atoms with Crippen molar-refractivity contribution in [1.82, 2.24) is 5.32 Å². The fourth-order valence-corrected chi connectivity index (χ4v) is 0.627. The molecule has 2 atom stereocenters. The van der Waals surface area contributed by atoms with Crippen LogP contribution in [0.3, 0.4) is 0 Å². The molecule has 0 amide bonds. The van der Waals surface area contributed by atoms with E-state index in [0.29, 0.717) is 6.54 Å². The Morgan fingerprint density at radius 1 is 1.40 bits per heavy atom. The summed E-state index contributed by atoms with van der Waals surface area (Å²) >= 11 is 0. The molecule has 0 spiro atoms. The lowest BCUT2D eigenvalue weighted by molar-refractivity contribution is -0.0241. The largest absolute Gasteiger partial charge is 0.389 e. The van der Waals surface area contributed by atoms with Gasteiger partial charge in [-0.25, -0.2) is 0 Å². The number of ether oxygens (including phenoxy) is 1. The summed E-state index contributed by atoms with van der Waals surface area (Å²) in [6.45, 7) is 0.549. The number of nitrogens with one attached hydrogen (secondary N) is 1. The molecule has 0 fully saturated rings. The van der Waals surface area contributed by atoms with Gasteiger partial charge in [0.2, 0.25) is 0 Å². The third-order valence-electron chi connectivity index (χ3n) is 1.19. The Morgan fingerprint density at radius 2 is 2.00 bits per heavy atom. The molecule has 0 bridgehead atoms. The first-order chi connectivity index (χ1) is 4.72. The van der Waals surface area contributed by atoms with Gasteiger partial charge in [-0.3, -0.25) is 0 Å². The van der Waals surface area contributed by atoms with Crippen LogP contribution in [0.1, 0.15) is 0 Å². The van der Waals surface area contributed by atoms with Crippen LogP contribution in [0.5, 0.6) is 0 Å². The monoisotopic (exact) mass is 149 g/mol. The predicted molar refractivity (Wildman–Crippen MR) is 37.8 cm³/mol. The van der Waals surface area contributed by atoms with Gasteiger partial charge < -0.3 is 20.3 Å². The average Bonchev–Trinajstić information content (AvgIpc) is 1.89. The van der Waals surface area contributed by atoms with E-state index in [2.05, 4.69) is 10.1 Å². The molecule has 0 heterocycles. The van der Waals surface area contributed by atoms with Crippen molar-refractivity contribution in [3.8, 4) is 0 Å². The van der Waals surface area contributed by atoms with Crippen LogP contribution in [-0.2, 0) is 4.74 Å². The molecule has 0 aromatic heterocycles. The zero-order valence-electron chi connectivity index (χ0n) is 6.37. The van der Waals surface area contributed by atoms with Crippen molar-refractivity contribution >= 4 is 0 Å². The molecule has 0 radical (unpaired) electrons. The van der Waals surface area contributed by atoms with Crippen molar-refractivity contribution < 1.29 is 14.9 Å². The summed E-state index contributed by atoms with van der Waals surface area (Å²) in [6, 6.07) is 0. The van der Waals surface area contributed by atoms with Crippen molar-refractivity contribution in [1.29, 1.82) is 0 Å². The van der Waals surface area contributed by atoms with Crippen LogP contribution >= 0.6 is 0 Å². The first-order valence-corrected chi connectivity index (χ1v) is 3.22. The van der Waals surface area contributed by atoms with Gasteiger partial charge in [-0.15, -0.1) is 0 Å². The molecule has 62 valence electrons. The number of hydrogen-bond donors (Lipinski definition) is 3. The number of hydrogen-bond acceptors (Lipinski definition) is 4. The third kappa shape index (κ3) is 3.79. The van der Waals surface area contributed by atoms with Gasteiger partial charge in [0, 0.05) is 13.7 Å². The fourth-order valence-electron chi connectivity index (χ4n) is 0.627. The maximum Gasteiger partial charge on any atom is 0.104 e. The third-order valence-corrected chi connectivity index (χ3v) is 1.19. The van der Waals surface area contributed by atoms with Crippen LogP contribution in [-0.4, -0.2) is 49.7 Å². The molecular weight excluding hydrogens is 134 g/mol. The summed E-state index contributed by atoms with van der Waals surface area (Å²) in [7, 11) is 3.19. The van der Waals surface area contributed by atoms with E-state index in [0.717, 1.165) is 0 Å². The number of aliphatic hydroxyl groups excluding tert-OH is 2. The molecule has 3 N–H and O–H groups in total. The van der Waals surface area contributed by atoms with Gasteiger partial charge >= 0.3 is 0 Å². The molecule has 0 rings (SSSR count).